The van der Waals surface area contributed by atoms with Crippen LogP contribution in [-0.4, -0.2) is 73.0 Å². The molecule has 0 bridgehead atoms. The molecule has 2 aliphatic heterocycles. The SMILES string of the molecule is CC(C)CN(C)C(=O)C1CCCN(C2CCN(CCc3ccccc3)CC2)C1. The highest BCUT2D eigenvalue weighted by molar-refractivity contribution is 5.78. The van der Waals surface area contributed by atoms with Gasteiger partial charge in [0.15, 0.2) is 0 Å². The number of hydrogen-bond acceptors (Lipinski definition) is 3. The summed E-state index contributed by atoms with van der Waals surface area (Å²) >= 11 is 0. The van der Waals surface area contributed by atoms with Crippen LogP contribution in [0.2, 0.25) is 0 Å². The first-order chi connectivity index (χ1) is 13.5. The molecule has 2 aliphatic rings. The molecule has 0 N–H and O–H groups in total. The zero-order valence-corrected chi connectivity index (χ0v) is 18.1. The van der Waals surface area contributed by atoms with Gasteiger partial charge >= 0.3 is 0 Å². The third-order valence-electron chi connectivity index (χ3n) is 6.45. The minimum Gasteiger partial charge on any atom is -0.345 e. The van der Waals surface area contributed by atoms with Gasteiger partial charge in [0.05, 0.1) is 5.92 Å². The summed E-state index contributed by atoms with van der Waals surface area (Å²) in [6.07, 6.45) is 5.87. The predicted molar refractivity (Wildman–Crippen MR) is 116 cm³/mol. The highest BCUT2D eigenvalue weighted by Gasteiger charge is 2.32. The first-order valence-electron chi connectivity index (χ1n) is 11.3. The lowest BCUT2D eigenvalue weighted by Crippen LogP contribution is -2.51. The van der Waals surface area contributed by atoms with E-state index in [1.807, 2.05) is 11.9 Å². The summed E-state index contributed by atoms with van der Waals surface area (Å²) < 4.78 is 0. The minimum atomic E-state index is 0.202. The lowest BCUT2D eigenvalue weighted by atomic mass is 9.92. The van der Waals surface area contributed by atoms with Crippen molar-refractivity contribution in [2.45, 2.75) is 52.0 Å². The summed E-state index contributed by atoms with van der Waals surface area (Å²) in [6.45, 7) is 10.9. The molecular weight excluding hydrogens is 346 g/mol. The summed E-state index contributed by atoms with van der Waals surface area (Å²) in [5, 5.41) is 0. The van der Waals surface area contributed by atoms with E-state index < -0.39 is 0 Å². The van der Waals surface area contributed by atoms with Gasteiger partial charge in [0.1, 0.15) is 0 Å². The molecule has 1 aromatic carbocycles. The molecule has 28 heavy (non-hydrogen) atoms. The van der Waals surface area contributed by atoms with Crippen LogP contribution in [0.5, 0.6) is 0 Å². The van der Waals surface area contributed by atoms with E-state index in [4.69, 9.17) is 0 Å². The first-order valence-corrected chi connectivity index (χ1v) is 11.3. The van der Waals surface area contributed by atoms with E-state index in [-0.39, 0.29) is 5.92 Å². The lowest BCUT2D eigenvalue weighted by Gasteiger charge is -2.42. The van der Waals surface area contributed by atoms with Crippen LogP contribution in [0.15, 0.2) is 30.3 Å². The Hall–Kier alpha value is -1.39. The summed E-state index contributed by atoms with van der Waals surface area (Å²) in [5.41, 5.74) is 1.44. The molecule has 4 heteroatoms. The molecule has 4 nitrogen and oxygen atoms in total. The number of carbonyl (C=O) groups excluding carboxylic acids is 1. The molecule has 1 atom stereocenters. The number of rotatable bonds is 7. The van der Waals surface area contributed by atoms with E-state index >= 15 is 0 Å². The van der Waals surface area contributed by atoms with Gasteiger partial charge in [0.2, 0.25) is 5.91 Å². The number of benzene rings is 1. The zero-order valence-electron chi connectivity index (χ0n) is 18.1. The second-order valence-corrected chi connectivity index (χ2v) is 9.26. The molecule has 1 aromatic rings. The number of carbonyl (C=O) groups is 1. The molecule has 0 spiro atoms. The Bertz CT molecular complexity index is 595. The highest BCUT2D eigenvalue weighted by atomic mass is 16.2. The number of amides is 1. The van der Waals surface area contributed by atoms with Crippen LogP contribution >= 0.6 is 0 Å². The second-order valence-electron chi connectivity index (χ2n) is 9.26. The standard InChI is InChI=1S/C24H39N3O/c1-20(2)18-25(3)24(28)22-10-7-14-27(19-22)23-12-16-26(17-13-23)15-11-21-8-5-4-6-9-21/h4-6,8-9,20,22-23H,7,10-19H2,1-3H3. The molecule has 2 fully saturated rings. The van der Waals surface area contributed by atoms with Gasteiger partial charge in [-0.15, -0.1) is 0 Å². The molecule has 2 saturated heterocycles. The summed E-state index contributed by atoms with van der Waals surface area (Å²) in [4.78, 5) is 20.0. The summed E-state index contributed by atoms with van der Waals surface area (Å²) in [5.74, 6) is 1.10. The van der Waals surface area contributed by atoms with Crippen LogP contribution in [0.3, 0.4) is 0 Å². The Morgan fingerprint density at radius 2 is 1.82 bits per heavy atom. The minimum absolute atomic E-state index is 0.202. The fraction of sp³-hybridized carbons (Fsp3) is 0.708. The largest absolute Gasteiger partial charge is 0.345 e. The second kappa shape index (κ2) is 10.4. The van der Waals surface area contributed by atoms with E-state index in [0.29, 0.717) is 17.9 Å². The van der Waals surface area contributed by atoms with Crippen molar-refractivity contribution in [1.82, 2.24) is 14.7 Å². The van der Waals surface area contributed by atoms with Crippen molar-refractivity contribution in [3.05, 3.63) is 35.9 Å². The van der Waals surface area contributed by atoms with Crippen LogP contribution in [0.1, 0.15) is 45.1 Å². The average molecular weight is 386 g/mol. The van der Waals surface area contributed by atoms with Crippen molar-refractivity contribution in [1.29, 1.82) is 0 Å². The Morgan fingerprint density at radius 3 is 2.50 bits per heavy atom. The number of nitrogens with zero attached hydrogens (tertiary/aromatic N) is 3. The highest BCUT2D eigenvalue weighted by Crippen LogP contribution is 2.25. The molecule has 156 valence electrons. The van der Waals surface area contributed by atoms with Gasteiger partial charge in [-0.05, 0) is 63.2 Å². The van der Waals surface area contributed by atoms with Gasteiger partial charge in [-0.3, -0.25) is 9.69 Å². The fourth-order valence-electron chi connectivity index (χ4n) is 4.93. The molecule has 0 saturated carbocycles. The first kappa shape index (κ1) is 21.3. The molecule has 1 amide bonds. The van der Waals surface area contributed by atoms with Gasteiger partial charge in [0, 0.05) is 32.7 Å². The molecule has 1 unspecified atom stereocenters. The third-order valence-corrected chi connectivity index (χ3v) is 6.45. The topological polar surface area (TPSA) is 26.8 Å². The Morgan fingerprint density at radius 1 is 1.11 bits per heavy atom. The normalized spacial score (nSPS) is 22.5. The molecule has 0 radical (unpaired) electrons. The molecule has 3 rings (SSSR count). The number of piperidine rings is 2. The van der Waals surface area contributed by atoms with Crippen molar-refractivity contribution in [2.75, 3.05) is 46.3 Å². The monoisotopic (exact) mass is 385 g/mol. The third kappa shape index (κ3) is 6.05. The van der Waals surface area contributed by atoms with Gasteiger partial charge in [-0.2, -0.15) is 0 Å². The van der Waals surface area contributed by atoms with Crippen molar-refractivity contribution in [3.8, 4) is 0 Å². The van der Waals surface area contributed by atoms with Crippen molar-refractivity contribution < 1.29 is 4.79 Å². The van der Waals surface area contributed by atoms with Crippen molar-refractivity contribution in [2.24, 2.45) is 11.8 Å². The Balaban J connectivity index is 1.43. The van der Waals surface area contributed by atoms with E-state index in [2.05, 4.69) is 54.0 Å². The smallest absolute Gasteiger partial charge is 0.226 e. The maximum absolute atomic E-state index is 12.8. The van der Waals surface area contributed by atoms with E-state index in [1.165, 1.54) is 44.5 Å². The van der Waals surface area contributed by atoms with Crippen LogP contribution in [-0.2, 0) is 11.2 Å². The zero-order chi connectivity index (χ0) is 19.9. The fourth-order valence-corrected chi connectivity index (χ4v) is 4.93. The molecular formula is C24H39N3O. The molecule has 0 aromatic heterocycles. The maximum Gasteiger partial charge on any atom is 0.226 e. The average Bonchev–Trinajstić information content (AvgIpc) is 2.72. The molecule has 0 aliphatic carbocycles. The van der Waals surface area contributed by atoms with E-state index in [1.54, 1.807) is 0 Å². The van der Waals surface area contributed by atoms with E-state index in [9.17, 15) is 4.79 Å². The van der Waals surface area contributed by atoms with E-state index in [0.717, 1.165) is 32.5 Å². The molecule has 2 heterocycles. The van der Waals surface area contributed by atoms with Crippen molar-refractivity contribution in [3.63, 3.8) is 0 Å². The Kier molecular flexibility index (Phi) is 7.92. The number of likely N-dealkylation sites (tertiary alicyclic amines) is 2. The van der Waals surface area contributed by atoms with Gasteiger partial charge in [-0.25, -0.2) is 0 Å². The lowest BCUT2D eigenvalue weighted by molar-refractivity contribution is -0.137. The van der Waals surface area contributed by atoms with Gasteiger partial charge in [-0.1, -0.05) is 44.2 Å². The van der Waals surface area contributed by atoms with Crippen LogP contribution < -0.4 is 0 Å². The van der Waals surface area contributed by atoms with Crippen LogP contribution in [0.25, 0.3) is 0 Å². The summed E-state index contributed by atoms with van der Waals surface area (Å²) in [6, 6.07) is 11.5. The van der Waals surface area contributed by atoms with Crippen molar-refractivity contribution >= 4 is 5.91 Å². The van der Waals surface area contributed by atoms with Crippen LogP contribution in [0, 0.1) is 11.8 Å². The Labute approximate surface area is 171 Å². The predicted octanol–water partition coefficient (Wildman–Crippen LogP) is 3.52. The number of hydrogen-bond donors (Lipinski definition) is 0. The maximum atomic E-state index is 12.8. The summed E-state index contributed by atoms with van der Waals surface area (Å²) in [7, 11) is 1.98. The quantitative estimate of drug-likeness (QED) is 0.718. The van der Waals surface area contributed by atoms with Gasteiger partial charge in [0.25, 0.3) is 0 Å². The van der Waals surface area contributed by atoms with Gasteiger partial charge < -0.3 is 9.80 Å². The van der Waals surface area contributed by atoms with Crippen LogP contribution in [0.4, 0.5) is 0 Å².